The number of ether oxygens (including phenoxy) is 1. The van der Waals surface area contributed by atoms with Crippen molar-refractivity contribution in [2.45, 2.75) is 26.4 Å². The Morgan fingerprint density at radius 3 is 2.68 bits per heavy atom. The van der Waals surface area contributed by atoms with E-state index in [1.807, 2.05) is 0 Å². The van der Waals surface area contributed by atoms with Crippen LogP contribution >= 0.6 is 11.8 Å². The van der Waals surface area contributed by atoms with Crippen LogP contribution in [0.4, 0.5) is 0 Å². The van der Waals surface area contributed by atoms with E-state index in [1.165, 1.54) is 6.07 Å². The fraction of sp³-hybridized carbons (Fsp3) is 0.583. The van der Waals surface area contributed by atoms with E-state index in [2.05, 4.69) is 0 Å². The lowest BCUT2D eigenvalue weighted by atomic mass is 10.3. The van der Waals surface area contributed by atoms with E-state index in [1.54, 1.807) is 30.2 Å². The van der Waals surface area contributed by atoms with E-state index in [0.717, 1.165) is 16.1 Å². The smallest absolute Gasteiger partial charge is 0.332 e. The van der Waals surface area contributed by atoms with Crippen molar-refractivity contribution >= 4 is 17.7 Å². The van der Waals surface area contributed by atoms with Crippen LogP contribution in [0.2, 0.25) is 0 Å². The first-order chi connectivity index (χ1) is 9.04. The van der Waals surface area contributed by atoms with Gasteiger partial charge in [-0.3, -0.25) is 14.2 Å². The van der Waals surface area contributed by atoms with Crippen molar-refractivity contribution in [1.82, 2.24) is 9.13 Å². The number of aryl methyl sites for hydroxylation is 1. The monoisotopic (exact) mass is 284 g/mol. The van der Waals surface area contributed by atoms with Gasteiger partial charge in [0.25, 0.3) is 5.56 Å². The Morgan fingerprint density at radius 1 is 1.47 bits per heavy atom. The van der Waals surface area contributed by atoms with Gasteiger partial charge in [-0.05, 0) is 13.8 Å². The number of thioether (sulfide) groups is 1. The second kappa shape index (κ2) is 5.64. The summed E-state index contributed by atoms with van der Waals surface area (Å²) in [5.41, 5.74) is -0.248. The van der Waals surface area contributed by atoms with Crippen LogP contribution in [0.15, 0.2) is 15.7 Å². The Labute approximate surface area is 114 Å². The number of hydrogen-bond donors (Lipinski definition) is 0. The molecule has 104 valence electrons. The largest absolute Gasteiger partial charge is 0.465 e. The summed E-state index contributed by atoms with van der Waals surface area (Å²) in [6.45, 7) is 3.32. The quantitative estimate of drug-likeness (QED) is 0.737. The molecule has 19 heavy (non-hydrogen) atoms. The molecule has 0 atom stereocenters. The zero-order valence-corrected chi connectivity index (χ0v) is 11.7. The molecule has 0 unspecified atom stereocenters. The zero-order valence-electron chi connectivity index (χ0n) is 10.9. The lowest BCUT2D eigenvalue weighted by Crippen LogP contribution is -2.45. The third-order valence-corrected chi connectivity index (χ3v) is 4.23. The summed E-state index contributed by atoms with van der Waals surface area (Å²) in [6, 6.07) is 1.51. The molecule has 1 aliphatic rings. The molecule has 0 aliphatic carbocycles. The highest BCUT2D eigenvalue weighted by Gasteiger charge is 2.24. The molecule has 0 saturated carbocycles. The van der Waals surface area contributed by atoms with Gasteiger partial charge in [-0.2, -0.15) is 11.8 Å². The van der Waals surface area contributed by atoms with E-state index < -0.39 is 17.2 Å². The van der Waals surface area contributed by atoms with Gasteiger partial charge in [0.15, 0.2) is 0 Å². The number of rotatable bonds is 4. The normalized spacial score (nSPS) is 15.1. The third-order valence-electron chi connectivity index (χ3n) is 2.99. The van der Waals surface area contributed by atoms with Crippen LogP contribution in [0.25, 0.3) is 0 Å². The molecule has 0 radical (unpaired) electrons. The molecular weight excluding hydrogens is 268 g/mol. The Morgan fingerprint density at radius 2 is 2.16 bits per heavy atom. The van der Waals surface area contributed by atoms with Gasteiger partial charge in [0, 0.05) is 23.3 Å². The standard InChI is InChI=1S/C12H16N2O4S/c1-3-18-11(16)5-13-10(15)4-8(2)14(12(13)17)9-6-19-7-9/h4,9H,3,5-7H2,1-2H3. The van der Waals surface area contributed by atoms with Gasteiger partial charge in [-0.15, -0.1) is 0 Å². The Kier molecular flexibility index (Phi) is 4.14. The van der Waals surface area contributed by atoms with E-state index in [9.17, 15) is 14.4 Å². The maximum Gasteiger partial charge on any atom is 0.332 e. The van der Waals surface area contributed by atoms with Crippen LogP contribution in [-0.4, -0.2) is 33.2 Å². The van der Waals surface area contributed by atoms with Gasteiger partial charge in [0.1, 0.15) is 6.54 Å². The number of esters is 1. The third kappa shape index (κ3) is 2.75. The van der Waals surface area contributed by atoms with Crippen molar-refractivity contribution in [3.63, 3.8) is 0 Å². The van der Waals surface area contributed by atoms with E-state index in [-0.39, 0.29) is 19.2 Å². The van der Waals surface area contributed by atoms with Gasteiger partial charge < -0.3 is 4.74 Å². The molecule has 0 aromatic carbocycles. The summed E-state index contributed by atoms with van der Waals surface area (Å²) in [7, 11) is 0. The van der Waals surface area contributed by atoms with Crippen LogP contribution in [-0.2, 0) is 16.1 Å². The maximum atomic E-state index is 12.3. The van der Waals surface area contributed by atoms with Gasteiger partial charge in [-0.1, -0.05) is 0 Å². The van der Waals surface area contributed by atoms with Crippen LogP contribution in [0.1, 0.15) is 18.7 Å². The van der Waals surface area contributed by atoms with E-state index in [0.29, 0.717) is 5.69 Å². The first kappa shape index (κ1) is 13.9. The van der Waals surface area contributed by atoms with Crippen LogP contribution in [0.5, 0.6) is 0 Å². The highest BCUT2D eigenvalue weighted by Crippen LogP contribution is 2.28. The highest BCUT2D eigenvalue weighted by molar-refractivity contribution is 8.00. The minimum absolute atomic E-state index is 0.117. The molecular formula is C12H16N2O4S. The summed E-state index contributed by atoms with van der Waals surface area (Å²) in [4.78, 5) is 35.5. The summed E-state index contributed by atoms with van der Waals surface area (Å²) >= 11 is 1.75. The molecule has 0 amide bonds. The molecule has 1 fully saturated rings. The van der Waals surface area contributed by atoms with E-state index in [4.69, 9.17) is 4.74 Å². The molecule has 0 spiro atoms. The van der Waals surface area contributed by atoms with E-state index >= 15 is 0 Å². The molecule has 1 aliphatic heterocycles. The van der Waals surface area contributed by atoms with Crippen molar-refractivity contribution in [3.05, 3.63) is 32.6 Å². The molecule has 1 saturated heterocycles. The number of carbonyl (C=O) groups excluding carboxylic acids is 1. The first-order valence-corrected chi connectivity index (χ1v) is 7.26. The number of aromatic nitrogens is 2. The Bertz CT molecular complexity index is 601. The molecule has 0 bridgehead atoms. The second-order valence-electron chi connectivity index (χ2n) is 4.36. The van der Waals surface area contributed by atoms with Gasteiger partial charge >= 0.3 is 11.7 Å². The molecule has 0 N–H and O–H groups in total. The lowest BCUT2D eigenvalue weighted by Gasteiger charge is -2.29. The minimum atomic E-state index is -0.569. The number of hydrogen-bond acceptors (Lipinski definition) is 5. The van der Waals surface area contributed by atoms with Crippen molar-refractivity contribution in [1.29, 1.82) is 0 Å². The van der Waals surface area contributed by atoms with Crippen LogP contribution in [0.3, 0.4) is 0 Å². The zero-order chi connectivity index (χ0) is 14.0. The van der Waals surface area contributed by atoms with Crippen molar-refractivity contribution in [3.8, 4) is 0 Å². The molecule has 2 heterocycles. The summed E-state index contributed by atoms with van der Waals surface area (Å²) in [5.74, 6) is 1.15. The van der Waals surface area contributed by atoms with Crippen LogP contribution in [0, 0.1) is 6.92 Å². The maximum absolute atomic E-state index is 12.3. The minimum Gasteiger partial charge on any atom is -0.465 e. The average molecular weight is 284 g/mol. The van der Waals surface area contributed by atoms with Gasteiger partial charge in [-0.25, -0.2) is 9.36 Å². The predicted molar refractivity (Wildman–Crippen MR) is 72.7 cm³/mol. The summed E-state index contributed by atoms with van der Waals surface area (Å²) < 4.78 is 7.31. The van der Waals surface area contributed by atoms with Crippen molar-refractivity contribution in [2.75, 3.05) is 18.1 Å². The molecule has 2 rings (SSSR count). The second-order valence-corrected chi connectivity index (χ2v) is 5.43. The molecule has 7 heteroatoms. The number of carbonyl (C=O) groups is 1. The fourth-order valence-corrected chi connectivity index (χ4v) is 2.74. The average Bonchev–Trinajstić information content (AvgIpc) is 2.27. The Balaban J connectivity index is 2.40. The highest BCUT2D eigenvalue weighted by atomic mass is 32.2. The summed E-state index contributed by atoms with van der Waals surface area (Å²) in [5, 5.41) is 0. The molecule has 1 aromatic heterocycles. The summed E-state index contributed by atoms with van der Waals surface area (Å²) in [6.07, 6.45) is 0. The molecule has 1 aromatic rings. The fourth-order valence-electron chi connectivity index (χ4n) is 2.00. The van der Waals surface area contributed by atoms with Gasteiger partial charge in [0.05, 0.1) is 12.6 Å². The van der Waals surface area contributed by atoms with Crippen molar-refractivity contribution in [2.24, 2.45) is 0 Å². The lowest BCUT2D eigenvalue weighted by molar-refractivity contribution is -0.143. The first-order valence-electron chi connectivity index (χ1n) is 6.11. The van der Waals surface area contributed by atoms with Crippen LogP contribution < -0.4 is 11.2 Å². The van der Waals surface area contributed by atoms with Gasteiger partial charge in [0.2, 0.25) is 0 Å². The Hall–Kier alpha value is -1.50. The molecule has 6 nitrogen and oxygen atoms in total. The SMILES string of the molecule is CCOC(=O)Cn1c(=O)cc(C)n(C2CSC2)c1=O. The van der Waals surface area contributed by atoms with Crippen molar-refractivity contribution < 1.29 is 9.53 Å². The topological polar surface area (TPSA) is 70.3 Å². The predicted octanol–water partition coefficient (Wildman–Crippen LogP) is 0.169. The number of nitrogens with zero attached hydrogens (tertiary/aromatic N) is 2.